The van der Waals surface area contributed by atoms with Gasteiger partial charge in [0, 0.05) is 12.6 Å². The second-order valence-corrected chi connectivity index (χ2v) is 6.52. The number of carbonyl (C=O) groups excluding carboxylic acids is 1. The van der Waals surface area contributed by atoms with Crippen LogP contribution in [-0.2, 0) is 11.3 Å². The van der Waals surface area contributed by atoms with Crippen molar-refractivity contribution in [3.8, 4) is 11.5 Å². The Bertz CT molecular complexity index is 539. The van der Waals surface area contributed by atoms with E-state index in [-0.39, 0.29) is 12.7 Å². The van der Waals surface area contributed by atoms with E-state index in [0.717, 1.165) is 17.1 Å². The fourth-order valence-corrected chi connectivity index (χ4v) is 3.36. The third kappa shape index (κ3) is 4.38. The van der Waals surface area contributed by atoms with E-state index in [1.54, 1.807) is 0 Å². The molecule has 1 fully saturated rings. The predicted molar refractivity (Wildman–Crippen MR) is 88.5 cm³/mol. The van der Waals surface area contributed by atoms with Gasteiger partial charge in [0.2, 0.25) is 12.7 Å². The summed E-state index contributed by atoms with van der Waals surface area (Å²) in [4.78, 5) is 14.4. The largest absolute Gasteiger partial charge is 0.454 e. The highest BCUT2D eigenvalue weighted by Crippen LogP contribution is 2.32. The zero-order chi connectivity index (χ0) is 16.1. The van der Waals surface area contributed by atoms with Crippen molar-refractivity contribution in [2.75, 3.05) is 20.4 Å². The standard InChI is InChI=1S/C18H26N2O3/c1-20(15-6-4-2-3-5-7-15)12-18(21)19-11-14-8-9-16-17(10-14)23-13-22-16/h8-10,15H,2-7,11-13H2,1H3,(H,19,21). The van der Waals surface area contributed by atoms with E-state index in [1.807, 2.05) is 18.2 Å². The Kier molecular flexibility index (Phi) is 5.39. The number of rotatable bonds is 5. The maximum Gasteiger partial charge on any atom is 0.234 e. The van der Waals surface area contributed by atoms with Crippen LogP contribution in [0.2, 0.25) is 0 Å². The Morgan fingerprint density at radius 1 is 1.17 bits per heavy atom. The van der Waals surface area contributed by atoms with Crippen LogP contribution in [-0.4, -0.2) is 37.2 Å². The first kappa shape index (κ1) is 16.1. The third-order valence-electron chi connectivity index (χ3n) is 4.77. The highest BCUT2D eigenvalue weighted by Gasteiger charge is 2.19. The minimum Gasteiger partial charge on any atom is -0.454 e. The van der Waals surface area contributed by atoms with Gasteiger partial charge in [-0.1, -0.05) is 31.7 Å². The molecule has 5 nitrogen and oxygen atoms in total. The Morgan fingerprint density at radius 3 is 2.70 bits per heavy atom. The average molecular weight is 318 g/mol. The van der Waals surface area contributed by atoms with Crippen LogP contribution >= 0.6 is 0 Å². The molecule has 1 aromatic rings. The minimum atomic E-state index is 0.0782. The van der Waals surface area contributed by atoms with Gasteiger partial charge in [-0.15, -0.1) is 0 Å². The number of hydrogen-bond acceptors (Lipinski definition) is 4. The smallest absolute Gasteiger partial charge is 0.234 e. The molecule has 1 saturated carbocycles. The summed E-state index contributed by atoms with van der Waals surface area (Å²) in [5.41, 5.74) is 1.03. The molecule has 126 valence electrons. The van der Waals surface area contributed by atoms with Gasteiger partial charge in [-0.25, -0.2) is 0 Å². The number of carbonyl (C=O) groups is 1. The van der Waals surface area contributed by atoms with Crippen LogP contribution in [0, 0.1) is 0 Å². The minimum absolute atomic E-state index is 0.0782. The van der Waals surface area contributed by atoms with Crippen molar-refractivity contribution in [1.29, 1.82) is 0 Å². The van der Waals surface area contributed by atoms with E-state index < -0.39 is 0 Å². The maximum absolute atomic E-state index is 12.2. The van der Waals surface area contributed by atoms with Crippen molar-refractivity contribution in [3.05, 3.63) is 23.8 Å². The number of ether oxygens (including phenoxy) is 2. The summed E-state index contributed by atoms with van der Waals surface area (Å²) < 4.78 is 10.7. The van der Waals surface area contributed by atoms with Crippen molar-refractivity contribution in [3.63, 3.8) is 0 Å². The molecule has 0 atom stereocenters. The van der Waals surface area contributed by atoms with Crippen LogP contribution in [0.4, 0.5) is 0 Å². The van der Waals surface area contributed by atoms with Crippen LogP contribution in [0.25, 0.3) is 0 Å². The molecular formula is C18H26N2O3. The topological polar surface area (TPSA) is 50.8 Å². The fourth-order valence-electron chi connectivity index (χ4n) is 3.36. The van der Waals surface area contributed by atoms with Gasteiger partial charge in [0.15, 0.2) is 11.5 Å². The van der Waals surface area contributed by atoms with Crippen LogP contribution in [0.3, 0.4) is 0 Å². The van der Waals surface area contributed by atoms with Crippen molar-refractivity contribution in [1.82, 2.24) is 10.2 Å². The van der Waals surface area contributed by atoms with E-state index >= 15 is 0 Å². The van der Waals surface area contributed by atoms with E-state index in [9.17, 15) is 4.79 Å². The third-order valence-corrected chi connectivity index (χ3v) is 4.77. The first-order chi connectivity index (χ1) is 11.2. The average Bonchev–Trinajstić information content (AvgIpc) is 2.84. The molecule has 0 saturated heterocycles. The second-order valence-electron chi connectivity index (χ2n) is 6.52. The molecule has 0 bridgehead atoms. The molecule has 1 aliphatic heterocycles. The van der Waals surface area contributed by atoms with E-state index in [1.165, 1.54) is 38.5 Å². The SMILES string of the molecule is CN(CC(=O)NCc1ccc2c(c1)OCO2)C1CCCCCC1. The van der Waals surface area contributed by atoms with Gasteiger partial charge in [-0.2, -0.15) is 0 Å². The van der Waals surface area contributed by atoms with Crippen molar-refractivity contribution in [2.24, 2.45) is 0 Å². The van der Waals surface area contributed by atoms with Gasteiger partial charge in [0.05, 0.1) is 6.54 Å². The lowest BCUT2D eigenvalue weighted by Crippen LogP contribution is -2.40. The van der Waals surface area contributed by atoms with Crippen molar-refractivity contribution >= 4 is 5.91 Å². The molecule has 0 radical (unpaired) electrons. The first-order valence-electron chi connectivity index (χ1n) is 8.58. The van der Waals surface area contributed by atoms with Crippen LogP contribution < -0.4 is 14.8 Å². The monoisotopic (exact) mass is 318 g/mol. The van der Waals surface area contributed by atoms with Crippen LogP contribution in [0.1, 0.15) is 44.1 Å². The Morgan fingerprint density at radius 2 is 1.91 bits per heavy atom. The van der Waals surface area contributed by atoms with Gasteiger partial charge in [0.25, 0.3) is 0 Å². The summed E-state index contributed by atoms with van der Waals surface area (Å²) in [5.74, 6) is 1.61. The quantitative estimate of drug-likeness (QED) is 0.848. The lowest BCUT2D eigenvalue weighted by atomic mass is 10.1. The van der Waals surface area contributed by atoms with E-state index in [2.05, 4.69) is 17.3 Å². The Balaban J connectivity index is 1.45. The Hall–Kier alpha value is -1.75. The van der Waals surface area contributed by atoms with Crippen molar-refractivity contribution in [2.45, 2.75) is 51.1 Å². The van der Waals surface area contributed by atoms with E-state index in [4.69, 9.17) is 9.47 Å². The number of amides is 1. The molecule has 1 aliphatic carbocycles. The lowest BCUT2D eigenvalue weighted by Gasteiger charge is -2.26. The highest BCUT2D eigenvalue weighted by atomic mass is 16.7. The molecular weight excluding hydrogens is 292 g/mol. The Labute approximate surface area is 137 Å². The lowest BCUT2D eigenvalue weighted by molar-refractivity contribution is -0.122. The number of hydrogen-bond donors (Lipinski definition) is 1. The summed E-state index contributed by atoms with van der Waals surface area (Å²) >= 11 is 0. The molecule has 1 amide bonds. The molecule has 1 heterocycles. The molecule has 5 heteroatoms. The van der Waals surface area contributed by atoms with Gasteiger partial charge in [-0.05, 0) is 37.6 Å². The zero-order valence-electron chi connectivity index (χ0n) is 13.8. The van der Waals surface area contributed by atoms with Gasteiger partial charge < -0.3 is 14.8 Å². The summed E-state index contributed by atoms with van der Waals surface area (Å²) in [6, 6.07) is 6.33. The molecule has 1 N–H and O–H groups in total. The van der Waals surface area contributed by atoms with Crippen LogP contribution in [0.5, 0.6) is 11.5 Å². The summed E-state index contributed by atoms with van der Waals surface area (Å²) in [7, 11) is 2.07. The van der Waals surface area contributed by atoms with Crippen LogP contribution in [0.15, 0.2) is 18.2 Å². The number of fused-ring (bicyclic) bond motifs is 1. The summed E-state index contributed by atoms with van der Waals surface area (Å²) in [6.45, 7) is 1.26. The second kappa shape index (κ2) is 7.68. The molecule has 0 unspecified atom stereocenters. The number of nitrogens with one attached hydrogen (secondary N) is 1. The predicted octanol–water partition coefficient (Wildman–Crippen LogP) is 2.69. The molecule has 3 rings (SSSR count). The highest BCUT2D eigenvalue weighted by molar-refractivity contribution is 5.78. The normalized spacial score (nSPS) is 18.0. The summed E-state index contributed by atoms with van der Waals surface area (Å²) in [5, 5.41) is 3.00. The molecule has 1 aromatic carbocycles. The molecule has 2 aliphatic rings. The van der Waals surface area contributed by atoms with E-state index in [0.29, 0.717) is 19.1 Å². The fraction of sp³-hybridized carbons (Fsp3) is 0.611. The summed E-state index contributed by atoms with van der Waals surface area (Å²) in [6.07, 6.45) is 7.67. The van der Waals surface area contributed by atoms with Gasteiger partial charge in [-0.3, -0.25) is 9.69 Å². The zero-order valence-corrected chi connectivity index (χ0v) is 13.8. The first-order valence-corrected chi connectivity index (χ1v) is 8.58. The number of benzene rings is 1. The van der Waals surface area contributed by atoms with Gasteiger partial charge >= 0.3 is 0 Å². The number of nitrogens with zero attached hydrogens (tertiary/aromatic N) is 1. The maximum atomic E-state index is 12.2. The van der Waals surface area contributed by atoms with Crippen molar-refractivity contribution < 1.29 is 14.3 Å². The molecule has 0 aromatic heterocycles. The van der Waals surface area contributed by atoms with Gasteiger partial charge in [0.1, 0.15) is 0 Å². The number of likely N-dealkylation sites (N-methyl/N-ethyl adjacent to an activating group) is 1. The molecule has 0 spiro atoms. The molecule has 23 heavy (non-hydrogen) atoms.